The van der Waals surface area contributed by atoms with Crippen molar-refractivity contribution in [2.75, 3.05) is 5.43 Å². The van der Waals surface area contributed by atoms with Crippen LogP contribution in [0.5, 0.6) is 0 Å². The number of nitrogens with zero attached hydrogens (tertiary/aromatic N) is 3. The fourth-order valence-electron chi connectivity index (χ4n) is 1.32. The molecule has 0 aromatic carbocycles. The fourth-order valence-corrected chi connectivity index (χ4v) is 1.32. The van der Waals surface area contributed by atoms with Gasteiger partial charge in [0.1, 0.15) is 6.07 Å². The zero-order valence-corrected chi connectivity index (χ0v) is 8.38. The predicted molar refractivity (Wildman–Crippen MR) is 60.0 cm³/mol. The molecule has 0 spiro atoms. The van der Waals surface area contributed by atoms with Gasteiger partial charge in [0, 0.05) is 6.20 Å². The zero-order valence-electron chi connectivity index (χ0n) is 8.38. The first-order valence-corrected chi connectivity index (χ1v) is 4.64. The van der Waals surface area contributed by atoms with E-state index in [0.29, 0.717) is 17.1 Å². The number of rotatable bonds is 2. The van der Waals surface area contributed by atoms with Crippen LogP contribution in [0.3, 0.4) is 0 Å². The molecule has 5 nitrogen and oxygen atoms in total. The van der Waals surface area contributed by atoms with Gasteiger partial charge in [-0.25, -0.2) is 10.8 Å². The van der Waals surface area contributed by atoms with Crippen molar-refractivity contribution < 1.29 is 0 Å². The maximum atomic E-state index is 8.81. The molecule has 0 bridgehead atoms. The second-order valence-corrected chi connectivity index (χ2v) is 3.06. The summed E-state index contributed by atoms with van der Waals surface area (Å²) in [4.78, 5) is 8.38. The van der Waals surface area contributed by atoms with Crippen LogP contribution in [0, 0.1) is 11.3 Å². The Bertz CT molecular complexity index is 530. The van der Waals surface area contributed by atoms with Gasteiger partial charge in [-0.3, -0.25) is 4.98 Å². The maximum Gasteiger partial charge on any atom is 0.158 e. The van der Waals surface area contributed by atoms with Crippen LogP contribution in [0.2, 0.25) is 0 Å². The molecule has 0 aliphatic heterocycles. The first-order valence-electron chi connectivity index (χ1n) is 4.64. The first-order chi connectivity index (χ1) is 7.85. The maximum absolute atomic E-state index is 8.81. The number of anilines is 1. The largest absolute Gasteiger partial charge is 0.307 e. The monoisotopic (exact) mass is 211 g/mol. The minimum atomic E-state index is 0.352. The summed E-state index contributed by atoms with van der Waals surface area (Å²) in [7, 11) is 0. The van der Waals surface area contributed by atoms with Gasteiger partial charge in [0.2, 0.25) is 0 Å². The third kappa shape index (κ3) is 1.82. The molecule has 2 aromatic rings. The van der Waals surface area contributed by atoms with Crippen LogP contribution in [0.25, 0.3) is 11.4 Å². The minimum Gasteiger partial charge on any atom is -0.307 e. The highest BCUT2D eigenvalue weighted by Gasteiger charge is 2.05. The number of hydrogen-bond acceptors (Lipinski definition) is 5. The molecule has 0 aliphatic rings. The van der Waals surface area contributed by atoms with Gasteiger partial charge in [-0.1, -0.05) is 6.07 Å². The summed E-state index contributed by atoms with van der Waals surface area (Å²) in [5.41, 5.74) is 4.21. The van der Waals surface area contributed by atoms with Gasteiger partial charge >= 0.3 is 0 Å². The number of hydrazine groups is 1. The van der Waals surface area contributed by atoms with E-state index in [2.05, 4.69) is 15.4 Å². The Balaban J connectivity index is 2.49. The van der Waals surface area contributed by atoms with Crippen molar-refractivity contribution in [2.24, 2.45) is 5.84 Å². The number of hydrogen-bond donors (Lipinski definition) is 2. The highest BCUT2D eigenvalue weighted by Crippen LogP contribution is 2.18. The van der Waals surface area contributed by atoms with Crippen LogP contribution >= 0.6 is 0 Å². The topological polar surface area (TPSA) is 87.6 Å². The summed E-state index contributed by atoms with van der Waals surface area (Å²) < 4.78 is 0. The molecule has 3 N–H and O–H groups in total. The Morgan fingerprint density at radius 2 is 2.06 bits per heavy atom. The third-order valence-electron chi connectivity index (χ3n) is 2.08. The van der Waals surface area contributed by atoms with Crippen LogP contribution in [0.1, 0.15) is 5.56 Å². The average molecular weight is 211 g/mol. The van der Waals surface area contributed by atoms with Gasteiger partial charge in [-0.2, -0.15) is 5.26 Å². The second kappa shape index (κ2) is 4.38. The van der Waals surface area contributed by atoms with E-state index in [1.165, 1.54) is 0 Å². The summed E-state index contributed by atoms with van der Waals surface area (Å²) in [6.45, 7) is 0. The molecule has 78 valence electrons. The van der Waals surface area contributed by atoms with Crippen molar-refractivity contribution in [3.8, 4) is 17.5 Å². The minimum absolute atomic E-state index is 0.352. The summed E-state index contributed by atoms with van der Waals surface area (Å²) >= 11 is 0. The van der Waals surface area contributed by atoms with Gasteiger partial charge in [0.25, 0.3) is 0 Å². The molecule has 0 saturated heterocycles. The van der Waals surface area contributed by atoms with Gasteiger partial charge in [-0.15, -0.1) is 0 Å². The fraction of sp³-hybridized carbons (Fsp3) is 0. The van der Waals surface area contributed by atoms with E-state index in [0.717, 1.165) is 5.69 Å². The number of nitriles is 1. The molecule has 0 radical (unpaired) electrons. The van der Waals surface area contributed by atoms with Crippen LogP contribution in [-0.4, -0.2) is 9.97 Å². The van der Waals surface area contributed by atoms with Crippen LogP contribution in [0.4, 0.5) is 5.82 Å². The SMILES string of the molecule is N#Cc1ccc(-c2ccccn2)nc1NN. The lowest BCUT2D eigenvalue weighted by atomic mass is 10.2. The van der Waals surface area contributed by atoms with Gasteiger partial charge in [0.05, 0.1) is 17.0 Å². The van der Waals surface area contributed by atoms with E-state index in [9.17, 15) is 0 Å². The van der Waals surface area contributed by atoms with Crippen LogP contribution < -0.4 is 11.3 Å². The number of nitrogen functional groups attached to an aromatic ring is 1. The first kappa shape index (κ1) is 10.1. The molecule has 0 saturated carbocycles. The van der Waals surface area contributed by atoms with Crippen LogP contribution in [-0.2, 0) is 0 Å². The quantitative estimate of drug-likeness (QED) is 0.577. The molecular weight excluding hydrogens is 202 g/mol. The number of nitrogens with two attached hydrogens (primary N) is 1. The van der Waals surface area contributed by atoms with Crippen molar-refractivity contribution in [3.05, 3.63) is 42.1 Å². The summed E-state index contributed by atoms with van der Waals surface area (Å²) in [5.74, 6) is 5.64. The van der Waals surface area contributed by atoms with Crippen LogP contribution in [0.15, 0.2) is 36.5 Å². The van der Waals surface area contributed by atoms with Crippen molar-refractivity contribution in [1.29, 1.82) is 5.26 Å². The third-order valence-corrected chi connectivity index (χ3v) is 2.08. The molecule has 2 aromatic heterocycles. The zero-order chi connectivity index (χ0) is 11.4. The molecule has 2 rings (SSSR count). The standard InChI is InChI=1S/C11H9N5/c12-7-8-4-5-10(15-11(8)16-13)9-3-1-2-6-14-9/h1-6H,13H2,(H,15,16). The molecule has 0 aliphatic carbocycles. The molecule has 0 fully saturated rings. The molecule has 2 heterocycles. The Kier molecular flexibility index (Phi) is 2.76. The van der Waals surface area contributed by atoms with Crippen molar-refractivity contribution in [2.45, 2.75) is 0 Å². The number of pyridine rings is 2. The Morgan fingerprint density at radius 1 is 1.19 bits per heavy atom. The molecular formula is C11H9N5. The number of nitrogens with one attached hydrogen (secondary N) is 1. The Labute approximate surface area is 92.5 Å². The molecule has 0 atom stereocenters. The highest BCUT2D eigenvalue weighted by molar-refractivity contribution is 5.61. The molecule has 0 amide bonds. The van der Waals surface area contributed by atoms with Gasteiger partial charge < -0.3 is 5.43 Å². The van der Waals surface area contributed by atoms with Crippen molar-refractivity contribution in [1.82, 2.24) is 9.97 Å². The Hall–Kier alpha value is -2.45. The van der Waals surface area contributed by atoms with E-state index in [-0.39, 0.29) is 0 Å². The summed E-state index contributed by atoms with van der Waals surface area (Å²) in [6.07, 6.45) is 1.69. The predicted octanol–water partition coefficient (Wildman–Crippen LogP) is 1.30. The number of aromatic nitrogens is 2. The van der Waals surface area contributed by atoms with Gasteiger partial charge in [0.15, 0.2) is 5.82 Å². The van der Waals surface area contributed by atoms with E-state index < -0.39 is 0 Å². The summed E-state index contributed by atoms with van der Waals surface area (Å²) in [6, 6.07) is 10.9. The van der Waals surface area contributed by atoms with E-state index in [1.807, 2.05) is 24.3 Å². The van der Waals surface area contributed by atoms with Crippen molar-refractivity contribution >= 4 is 5.82 Å². The summed E-state index contributed by atoms with van der Waals surface area (Å²) in [5, 5.41) is 8.81. The lowest BCUT2D eigenvalue weighted by Crippen LogP contribution is -2.10. The molecule has 5 heteroatoms. The lowest BCUT2D eigenvalue weighted by molar-refractivity contribution is 1.19. The highest BCUT2D eigenvalue weighted by atomic mass is 15.3. The molecule has 16 heavy (non-hydrogen) atoms. The lowest BCUT2D eigenvalue weighted by Gasteiger charge is -2.04. The van der Waals surface area contributed by atoms with Gasteiger partial charge in [-0.05, 0) is 24.3 Å². The van der Waals surface area contributed by atoms with E-state index >= 15 is 0 Å². The normalized spacial score (nSPS) is 9.50. The second-order valence-electron chi connectivity index (χ2n) is 3.06. The van der Waals surface area contributed by atoms with E-state index in [1.54, 1.807) is 18.3 Å². The van der Waals surface area contributed by atoms with E-state index in [4.69, 9.17) is 11.1 Å². The molecule has 0 unspecified atom stereocenters. The average Bonchev–Trinajstić information content (AvgIpc) is 2.39. The Morgan fingerprint density at radius 3 is 2.69 bits per heavy atom. The van der Waals surface area contributed by atoms with Crippen molar-refractivity contribution in [3.63, 3.8) is 0 Å². The smallest absolute Gasteiger partial charge is 0.158 e.